The molecule has 148 valence electrons. The highest BCUT2D eigenvalue weighted by atomic mass is 16.5. The third-order valence-electron chi connectivity index (χ3n) is 5.54. The smallest absolute Gasteiger partial charge is 0.209 e. The summed E-state index contributed by atoms with van der Waals surface area (Å²) >= 11 is 0. The maximum atomic E-state index is 13.7. The Bertz CT molecular complexity index is 1290. The van der Waals surface area contributed by atoms with Crippen LogP contribution in [0.5, 0.6) is 5.75 Å². The fraction of sp³-hybridized carbons (Fsp3) is 0.120. The Labute approximate surface area is 174 Å². The molecule has 3 aromatic carbocycles. The van der Waals surface area contributed by atoms with Crippen molar-refractivity contribution in [3.8, 4) is 5.75 Å². The second-order valence-corrected chi connectivity index (χ2v) is 7.30. The summed E-state index contributed by atoms with van der Waals surface area (Å²) in [5.41, 5.74) is 4.89. The monoisotopic (exact) mass is 395 g/mol. The first-order valence-corrected chi connectivity index (χ1v) is 9.86. The van der Waals surface area contributed by atoms with Crippen LogP contribution in [0.4, 0.5) is 5.95 Å². The zero-order valence-corrected chi connectivity index (χ0v) is 16.8. The van der Waals surface area contributed by atoms with E-state index in [1.807, 2.05) is 85.8 Å². The van der Waals surface area contributed by atoms with Gasteiger partial charge in [0.2, 0.25) is 5.95 Å². The van der Waals surface area contributed by atoms with Gasteiger partial charge in [-0.1, -0.05) is 60.7 Å². The number of Topliss-reactive ketones (excluding diaryl/α,β-unsaturated/α-hetero) is 1. The first kappa shape index (κ1) is 18.2. The molecule has 0 unspecified atom stereocenters. The predicted octanol–water partition coefficient (Wildman–Crippen LogP) is 5.22. The van der Waals surface area contributed by atoms with Crippen LogP contribution in [0.3, 0.4) is 0 Å². The Morgan fingerprint density at radius 3 is 2.47 bits per heavy atom. The summed E-state index contributed by atoms with van der Waals surface area (Å²) in [4.78, 5) is 18.5. The van der Waals surface area contributed by atoms with Crippen molar-refractivity contribution >= 4 is 22.8 Å². The van der Waals surface area contributed by atoms with Gasteiger partial charge in [-0.05, 0) is 25.1 Å². The summed E-state index contributed by atoms with van der Waals surface area (Å²) in [7, 11) is 1.65. The lowest BCUT2D eigenvalue weighted by molar-refractivity contribution is 0.102. The molecular formula is C25H21N3O2. The van der Waals surface area contributed by atoms with Crippen molar-refractivity contribution in [3.05, 3.63) is 101 Å². The molecule has 0 amide bonds. The number of nitrogens with zero attached hydrogens (tertiary/aromatic N) is 2. The van der Waals surface area contributed by atoms with E-state index in [1.165, 1.54) is 0 Å². The number of aromatic nitrogens is 2. The number of para-hydroxylation sites is 3. The quantitative estimate of drug-likeness (QED) is 0.482. The minimum Gasteiger partial charge on any atom is -0.496 e. The normalized spacial score (nSPS) is 15.6. The van der Waals surface area contributed by atoms with E-state index in [2.05, 4.69) is 9.88 Å². The van der Waals surface area contributed by atoms with Gasteiger partial charge in [-0.25, -0.2) is 4.98 Å². The fourth-order valence-corrected chi connectivity index (χ4v) is 4.19. The van der Waals surface area contributed by atoms with Crippen LogP contribution in [0.15, 0.2) is 90.1 Å². The molecular weight excluding hydrogens is 374 g/mol. The molecule has 5 rings (SSSR count). The van der Waals surface area contributed by atoms with Crippen molar-refractivity contribution in [2.24, 2.45) is 0 Å². The molecule has 5 nitrogen and oxygen atoms in total. The van der Waals surface area contributed by atoms with Gasteiger partial charge in [-0.3, -0.25) is 9.36 Å². The van der Waals surface area contributed by atoms with Gasteiger partial charge in [0.05, 0.1) is 24.2 Å². The molecule has 0 saturated heterocycles. The van der Waals surface area contributed by atoms with Gasteiger partial charge in [0.1, 0.15) is 5.75 Å². The van der Waals surface area contributed by atoms with Crippen LogP contribution in [0, 0.1) is 0 Å². The number of fused-ring (bicyclic) bond motifs is 3. The maximum absolute atomic E-state index is 13.7. The lowest BCUT2D eigenvalue weighted by Gasteiger charge is -2.31. The number of benzene rings is 3. The Hall–Kier alpha value is -3.86. The SMILES string of the molecule is COc1ccccc1[C@H]1C(C(=O)c2ccccc2)=C(C)Nc2nc3ccccc3n21. The van der Waals surface area contributed by atoms with Crippen molar-refractivity contribution < 1.29 is 9.53 Å². The second-order valence-electron chi connectivity index (χ2n) is 7.30. The minimum atomic E-state index is -0.363. The standard InChI is InChI=1S/C25H21N3O2/c1-16-22(24(29)17-10-4-3-5-11-17)23(18-12-6-9-15-21(18)30-2)28-20-14-8-7-13-19(20)27-25(28)26-16/h3-15,23H,1-2H3,(H,26,27)/t23-/m0/s1. The van der Waals surface area contributed by atoms with E-state index in [9.17, 15) is 4.79 Å². The van der Waals surface area contributed by atoms with Crippen LogP contribution >= 0.6 is 0 Å². The second kappa shape index (κ2) is 7.19. The Morgan fingerprint density at radius 2 is 1.67 bits per heavy atom. The molecule has 1 aliphatic heterocycles. The summed E-state index contributed by atoms with van der Waals surface area (Å²) in [6, 6.07) is 24.8. The highest BCUT2D eigenvalue weighted by Crippen LogP contribution is 2.42. The number of allylic oxidation sites excluding steroid dienone is 2. The highest BCUT2D eigenvalue weighted by Gasteiger charge is 2.35. The first-order chi connectivity index (χ1) is 14.7. The van der Waals surface area contributed by atoms with Crippen LogP contribution in [0.25, 0.3) is 11.0 Å². The molecule has 5 heteroatoms. The van der Waals surface area contributed by atoms with E-state index in [4.69, 9.17) is 9.72 Å². The molecule has 1 aromatic heterocycles. The lowest BCUT2D eigenvalue weighted by Crippen LogP contribution is -2.28. The molecule has 4 aromatic rings. The average Bonchev–Trinajstić information content (AvgIpc) is 3.16. The van der Waals surface area contributed by atoms with Crippen molar-refractivity contribution in [3.63, 3.8) is 0 Å². The van der Waals surface area contributed by atoms with Gasteiger partial charge in [-0.15, -0.1) is 0 Å². The number of imidazole rings is 1. The van der Waals surface area contributed by atoms with Crippen molar-refractivity contribution in [1.82, 2.24) is 9.55 Å². The van der Waals surface area contributed by atoms with Crippen LogP contribution in [0.2, 0.25) is 0 Å². The predicted molar refractivity (Wildman–Crippen MR) is 118 cm³/mol. The van der Waals surface area contributed by atoms with E-state index in [-0.39, 0.29) is 11.8 Å². The molecule has 0 saturated carbocycles. The van der Waals surface area contributed by atoms with Crippen LogP contribution < -0.4 is 10.1 Å². The number of methoxy groups -OCH3 is 1. The van der Waals surface area contributed by atoms with Gasteiger partial charge in [0, 0.05) is 22.4 Å². The number of ketones is 1. The fourth-order valence-electron chi connectivity index (χ4n) is 4.19. The number of carbonyl (C=O) groups excluding carboxylic acids is 1. The number of rotatable bonds is 4. The van der Waals surface area contributed by atoms with E-state index in [0.717, 1.165) is 28.0 Å². The third-order valence-corrected chi connectivity index (χ3v) is 5.54. The number of ether oxygens (including phenoxy) is 1. The summed E-state index contributed by atoms with van der Waals surface area (Å²) in [5.74, 6) is 1.44. The summed E-state index contributed by atoms with van der Waals surface area (Å²) in [6.07, 6.45) is 0. The minimum absolute atomic E-state index is 0.0139. The molecule has 0 radical (unpaired) electrons. The molecule has 30 heavy (non-hydrogen) atoms. The van der Waals surface area contributed by atoms with Crippen LogP contribution in [-0.4, -0.2) is 22.4 Å². The number of carbonyl (C=O) groups is 1. The topological polar surface area (TPSA) is 56.1 Å². The van der Waals surface area contributed by atoms with Gasteiger partial charge >= 0.3 is 0 Å². The van der Waals surface area contributed by atoms with Crippen LogP contribution in [-0.2, 0) is 0 Å². The molecule has 1 aliphatic rings. The average molecular weight is 395 g/mol. The lowest BCUT2D eigenvalue weighted by atomic mass is 9.89. The van der Waals surface area contributed by atoms with E-state index in [1.54, 1.807) is 7.11 Å². The first-order valence-electron chi connectivity index (χ1n) is 9.86. The van der Waals surface area contributed by atoms with Crippen molar-refractivity contribution in [2.45, 2.75) is 13.0 Å². The zero-order valence-electron chi connectivity index (χ0n) is 16.8. The number of hydrogen-bond acceptors (Lipinski definition) is 4. The van der Waals surface area contributed by atoms with E-state index in [0.29, 0.717) is 17.1 Å². The molecule has 0 fully saturated rings. The molecule has 2 heterocycles. The van der Waals surface area contributed by atoms with Crippen LogP contribution in [0.1, 0.15) is 28.9 Å². The number of anilines is 1. The van der Waals surface area contributed by atoms with Gasteiger partial charge in [0.25, 0.3) is 0 Å². The molecule has 0 aliphatic carbocycles. The molecule has 0 spiro atoms. The third kappa shape index (κ3) is 2.78. The molecule has 1 N–H and O–H groups in total. The van der Waals surface area contributed by atoms with Gasteiger partial charge in [-0.2, -0.15) is 0 Å². The van der Waals surface area contributed by atoms with Gasteiger partial charge < -0.3 is 10.1 Å². The number of hydrogen-bond donors (Lipinski definition) is 1. The van der Waals surface area contributed by atoms with Crippen molar-refractivity contribution in [1.29, 1.82) is 0 Å². The Morgan fingerprint density at radius 1 is 0.967 bits per heavy atom. The summed E-state index contributed by atoms with van der Waals surface area (Å²) in [5, 5.41) is 3.36. The van der Waals surface area contributed by atoms with Gasteiger partial charge in [0.15, 0.2) is 5.78 Å². The maximum Gasteiger partial charge on any atom is 0.209 e. The van der Waals surface area contributed by atoms with E-state index >= 15 is 0 Å². The Kier molecular flexibility index (Phi) is 4.36. The van der Waals surface area contributed by atoms with E-state index < -0.39 is 0 Å². The van der Waals surface area contributed by atoms with Crippen molar-refractivity contribution in [2.75, 3.05) is 12.4 Å². The molecule has 0 bridgehead atoms. The summed E-state index contributed by atoms with van der Waals surface area (Å²) in [6.45, 7) is 1.93. The molecule has 1 atom stereocenters. The largest absolute Gasteiger partial charge is 0.496 e. The zero-order chi connectivity index (χ0) is 20.7. The summed E-state index contributed by atoms with van der Waals surface area (Å²) < 4.78 is 7.78. The number of nitrogens with one attached hydrogen (secondary N) is 1. The Balaban J connectivity index is 1.80. The highest BCUT2D eigenvalue weighted by molar-refractivity contribution is 6.11.